The number of aryl methyl sites for hydroxylation is 1. The van der Waals surface area contributed by atoms with Crippen LogP contribution in [0, 0.1) is 0 Å². The van der Waals surface area contributed by atoms with E-state index < -0.39 is 11.7 Å². The van der Waals surface area contributed by atoms with Crippen LogP contribution in [0.5, 0.6) is 5.75 Å². The average molecular weight is 412 g/mol. The van der Waals surface area contributed by atoms with Gasteiger partial charge in [-0.05, 0) is 48.9 Å². The van der Waals surface area contributed by atoms with Crippen LogP contribution in [0.1, 0.15) is 24.0 Å². The molecule has 0 aliphatic heterocycles. The summed E-state index contributed by atoms with van der Waals surface area (Å²) >= 11 is 0. The number of fused-ring (bicyclic) bond motifs is 2. The number of alkyl halides is 3. The number of hydrogen-bond acceptors (Lipinski definition) is 2. The molecule has 0 unspecified atom stereocenters. The lowest BCUT2D eigenvalue weighted by Crippen LogP contribution is -2.05. The van der Waals surface area contributed by atoms with E-state index >= 15 is 0 Å². The Hall–Kier alpha value is -2.99. The van der Waals surface area contributed by atoms with Crippen LogP contribution in [0.3, 0.4) is 0 Å². The molecule has 4 aromatic rings. The van der Waals surface area contributed by atoms with Gasteiger partial charge in [-0.1, -0.05) is 42.5 Å². The predicted octanol–water partition coefficient (Wildman–Crippen LogP) is 6.30. The second-order valence-corrected chi connectivity index (χ2v) is 7.32. The molecule has 6 heteroatoms. The molecule has 0 saturated heterocycles. The molecule has 0 bridgehead atoms. The second kappa shape index (κ2) is 8.03. The van der Waals surface area contributed by atoms with Gasteiger partial charge in [-0.25, -0.2) is 0 Å². The van der Waals surface area contributed by atoms with E-state index in [1.807, 2.05) is 36.4 Å². The summed E-state index contributed by atoms with van der Waals surface area (Å²) in [5.41, 5.74) is 7.37. The van der Waals surface area contributed by atoms with Gasteiger partial charge in [0.05, 0.1) is 23.9 Å². The molecular weight excluding hydrogens is 389 g/mol. The highest BCUT2D eigenvalue weighted by molar-refractivity contribution is 5.99. The van der Waals surface area contributed by atoms with Crippen molar-refractivity contribution in [1.29, 1.82) is 0 Å². The van der Waals surface area contributed by atoms with Gasteiger partial charge in [-0.2, -0.15) is 13.2 Å². The summed E-state index contributed by atoms with van der Waals surface area (Å²) in [6.07, 6.45) is -2.21. The van der Waals surface area contributed by atoms with Gasteiger partial charge < -0.3 is 15.5 Å². The third-order valence-electron chi connectivity index (χ3n) is 5.48. The van der Waals surface area contributed by atoms with Crippen LogP contribution in [-0.4, -0.2) is 18.6 Å². The Balaban J connectivity index is 2.00. The fraction of sp³-hybridized carbons (Fsp3) is 0.250. The van der Waals surface area contributed by atoms with Crippen LogP contribution in [0.25, 0.3) is 32.9 Å². The molecular formula is C24H23F3N2O. The normalized spacial score (nSPS) is 12.0. The van der Waals surface area contributed by atoms with Crippen molar-refractivity contribution in [2.75, 3.05) is 13.7 Å². The summed E-state index contributed by atoms with van der Waals surface area (Å²) in [6.45, 7) is 0.546. The number of nitrogens with one attached hydrogen (secondary N) is 1. The Morgan fingerprint density at radius 3 is 2.43 bits per heavy atom. The third kappa shape index (κ3) is 3.52. The van der Waals surface area contributed by atoms with Crippen molar-refractivity contribution in [3.05, 3.63) is 65.7 Å². The van der Waals surface area contributed by atoms with Crippen molar-refractivity contribution in [2.24, 2.45) is 5.73 Å². The standard InChI is InChI=1S/C24H23F3N2O/c1-30-23-16-8-3-2-7-15(16)12-13-19(23)21-17(9-4-5-14-28)18-10-6-11-20(22(18)29-21)24(25,26)27/h2-3,6-8,10-13,29H,4-5,9,14,28H2,1H3. The van der Waals surface area contributed by atoms with Crippen LogP contribution in [-0.2, 0) is 12.6 Å². The van der Waals surface area contributed by atoms with Crippen molar-refractivity contribution in [2.45, 2.75) is 25.4 Å². The summed E-state index contributed by atoms with van der Waals surface area (Å²) in [6, 6.07) is 16.0. The Morgan fingerprint density at radius 1 is 0.933 bits per heavy atom. The smallest absolute Gasteiger partial charge is 0.418 e. The van der Waals surface area contributed by atoms with E-state index in [0.29, 0.717) is 29.8 Å². The first-order valence-electron chi connectivity index (χ1n) is 9.92. The SMILES string of the molecule is COc1c(-c2[nH]c3c(C(F)(F)F)cccc3c2CCCCN)ccc2ccccc12. The number of ether oxygens (including phenoxy) is 1. The van der Waals surface area contributed by atoms with Crippen LogP contribution in [0.2, 0.25) is 0 Å². The van der Waals surface area contributed by atoms with Gasteiger partial charge in [0.2, 0.25) is 0 Å². The molecule has 0 saturated carbocycles. The van der Waals surface area contributed by atoms with E-state index in [1.54, 1.807) is 13.2 Å². The van der Waals surface area contributed by atoms with Crippen molar-refractivity contribution >= 4 is 21.7 Å². The topological polar surface area (TPSA) is 51.0 Å². The molecule has 0 aliphatic rings. The van der Waals surface area contributed by atoms with E-state index in [2.05, 4.69) is 4.98 Å². The van der Waals surface area contributed by atoms with Crippen molar-refractivity contribution in [3.63, 3.8) is 0 Å². The summed E-state index contributed by atoms with van der Waals surface area (Å²) in [5.74, 6) is 0.647. The monoisotopic (exact) mass is 412 g/mol. The largest absolute Gasteiger partial charge is 0.495 e. The minimum Gasteiger partial charge on any atom is -0.495 e. The maximum absolute atomic E-state index is 13.7. The maximum Gasteiger partial charge on any atom is 0.418 e. The summed E-state index contributed by atoms with van der Waals surface area (Å²) in [7, 11) is 1.59. The molecule has 0 spiro atoms. The lowest BCUT2D eigenvalue weighted by Gasteiger charge is -2.13. The van der Waals surface area contributed by atoms with Crippen molar-refractivity contribution < 1.29 is 17.9 Å². The van der Waals surface area contributed by atoms with Crippen molar-refractivity contribution in [1.82, 2.24) is 4.98 Å². The number of methoxy groups -OCH3 is 1. The van der Waals surface area contributed by atoms with Gasteiger partial charge in [0.15, 0.2) is 0 Å². The number of halogens is 3. The lowest BCUT2D eigenvalue weighted by molar-refractivity contribution is -0.136. The molecule has 1 aromatic heterocycles. The Morgan fingerprint density at radius 2 is 1.70 bits per heavy atom. The zero-order chi connectivity index (χ0) is 21.3. The molecule has 0 atom stereocenters. The number of aromatic amines is 1. The Labute approximate surface area is 172 Å². The third-order valence-corrected chi connectivity index (χ3v) is 5.48. The number of nitrogens with two attached hydrogens (primary N) is 1. The first-order valence-corrected chi connectivity index (χ1v) is 9.92. The molecule has 0 aliphatic carbocycles. The fourth-order valence-electron chi connectivity index (χ4n) is 4.11. The number of hydrogen-bond donors (Lipinski definition) is 2. The summed E-state index contributed by atoms with van der Waals surface area (Å²) in [4.78, 5) is 3.09. The molecule has 4 rings (SSSR count). The molecule has 156 valence electrons. The Kier molecular flexibility index (Phi) is 5.43. The summed E-state index contributed by atoms with van der Waals surface area (Å²) in [5, 5.41) is 2.52. The van der Waals surface area contributed by atoms with E-state index in [1.165, 1.54) is 6.07 Å². The molecule has 30 heavy (non-hydrogen) atoms. The molecule has 0 fully saturated rings. The van der Waals surface area contributed by atoms with Crippen molar-refractivity contribution in [3.8, 4) is 17.0 Å². The first kappa shape index (κ1) is 20.3. The Bertz CT molecular complexity index is 1190. The number of H-pyrrole nitrogens is 1. The van der Waals surface area contributed by atoms with Gasteiger partial charge in [0.1, 0.15) is 5.75 Å². The van der Waals surface area contributed by atoms with E-state index in [-0.39, 0.29) is 5.52 Å². The first-order chi connectivity index (χ1) is 14.5. The predicted molar refractivity (Wildman–Crippen MR) is 115 cm³/mol. The highest BCUT2D eigenvalue weighted by Gasteiger charge is 2.34. The molecule has 3 N–H and O–H groups in total. The molecule has 3 aromatic carbocycles. The minimum absolute atomic E-state index is 0.109. The zero-order valence-electron chi connectivity index (χ0n) is 16.6. The fourth-order valence-corrected chi connectivity index (χ4v) is 4.11. The van der Waals surface area contributed by atoms with E-state index in [0.717, 1.165) is 40.8 Å². The van der Waals surface area contributed by atoms with Crippen LogP contribution < -0.4 is 10.5 Å². The van der Waals surface area contributed by atoms with Crippen LogP contribution in [0.4, 0.5) is 13.2 Å². The number of para-hydroxylation sites is 1. The zero-order valence-corrected chi connectivity index (χ0v) is 16.6. The van der Waals surface area contributed by atoms with Gasteiger partial charge in [-0.3, -0.25) is 0 Å². The molecule has 3 nitrogen and oxygen atoms in total. The highest BCUT2D eigenvalue weighted by atomic mass is 19.4. The van der Waals surface area contributed by atoms with Crippen LogP contribution in [0.15, 0.2) is 54.6 Å². The molecule has 0 amide bonds. The van der Waals surface area contributed by atoms with Gasteiger partial charge in [-0.15, -0.1) is 0 Å². The number of benzene rings is 3. The van der Waals surface area contributed by atoms with Gasteiger partial charge in [0, 0.05) is 16.3 Å². The van der Waals surface area contributed by atoms with E-state index in [9.17, 15) is 13.2 Å². The maximum atomic E-state index is 13.7. The number of unbranched alkanes of at least 4 members (excludes halogenated alkanes) is 1. The highest BCUT2D eigenvalue weighted by Crippen LogP contribution is 2.43. The number of aromatic nitrogens is 1. The van der Waals surface area contributed by atoms with Gasteiger partial charge >= 0.3 is 6.18 Å². The number of rotatable bonds is 6. The second-order valence-electron chi connectivity index (χ2n) is 7.32. The summed E-state index contributed by atoms with van der Waals surface area (Å²) < 4.78 is 46.7. The minimum atomic E-state index is -4.44. The quantitative estimate of drug-likeness (QED) is 0.365. The van der Waals surface area contributed by atoms with Crippen LogP contribution >= 0.6 is 0 Å². The van der Waals surface area contributed by atoms with Gasteiger partial charge in [0.25, 0.3) is 0 Å². The lowest BCUT2D eigenvalue weighted by atomic mass is 9.97. The molecule has 0 radical (unpaired) electrons. The van der Waals surface area contributed by atoms with E-state index in [4.69, 9.17) is 10.5 Å². The molecule has 1 heterocycles. The average Bonchev–Trinajstić information content (AvgIpc) is 3.10.